The summed E-state index contributed by atoms with van der Waals surface area (Å²) in [6, 6.07) is 11.1. The van der Waals surface area contributed by atoms with Gasteiger partial charge >= 0.3 is 5.97 Å². The molecule has 0 aliphatic carbocycles. The highest BCUT2D eigenvalue weighted by Crippen LogP contribution is 2.24. The lowest BCUT2D eigenvalue weighted by atomic mass is 10.2. The van der Waals surface area contributed by atoms with Crippen molar-refractivity contribution in [2.45, 2.75) is 37.0 Å². The predicted octanol–water partition coefficient (Wildman–Crippen LogP) is 4.09. The van der Waals surface area contributed by atoms with E-state index in [1.807, 2.05) is 31.2 Å². The molecule has 1 aromatic carbocycles. The van der Waals surface area contributed by atoms with Crippen LogP contribution >= 0.6 is 23.4 Å². The molecule has 0 radical (unpaired) electrons. The number of carbonyl (C=O) groups is 2. The fraction of sp³-hybridized carbons (Fsp3) is 0.278. The van der Waals surface area contributed by atoms with E-state index in [1.165, 1.54) is 24.9 Å². The monoisotopic (exact) mass is 378 g/mol. The minimum atomic E-state index is -0.940. The van der Waals surface area contributed by atoms with Crippen molar-refractivity contribution in [1.29, 1.82) is 0 Å². The van der Waals surface area contributed by atoms with E-state index in [2.05, 4.69) is 10.3 Å². The van der Waals surface area contributed by atoms with Crippen molar-refractivity contribution < 1.29 is 14.3 Å². The lowest BCUT2D eigenvalue weighted by Gasteiger charge is -2.16. The normalized spacial score (nSPS) is 13.0. The molecule has 1 aromatic heterocycles. The highest BCUT2D eigenvalue weighted by atomic mass is 35.5. The number of amides is 1. The zero-order valence-electron chi connectivity index (χ0n) is 14.2. The first-order valence-corrected chi connectivity index (χ1v) is 8.98. The average Bonchev–Trinajstić information content (AvgIpc) is 2.58. The Morgan fingerprint density at radius 3 is 2.52 bits per heavy atom. The van der Waals surface area contributed by atoms with Crippen LogP contribution in [0.2, 0.25) is 5.15 Å². The molecule has 2 rings (SSSR count). The van der Waals surface area contributed by atoms with Crippen LogP contribution in [-0.2, 0) is 14.3 Å². The summed E-state index contributed by atoms with van der Waals surface area (Å²) in [5.41, 5.74) is 1.53. The Balaban J connectivity index is 1.89. The SMILES string of the molecule is Cc1ccc(S[C@@H](C)C(=O)O[C@H](C)C(=O)Nc2cccnc2Cl)cc1. The first-order chi connectivity index (χ1) is 11.9. The molecule has 1 heterocycles. The Kier molecular flexibility index (Phi) is 6.84. The Labute approximate surface area is 156 Å². The van der Waals surface area contributed by atoms with Gasteiger partial charge in [0.05, 0.1) is 5.69 Å². The zero-order valence-corrected chi connectivity index (χ0v) is 15.7. The summed E-state index contributed by atoms with van der Waals surface area (Å²) in [5.74, 6) is -0.915. The maximum Gasteiger partial charge on any atom is 0.319 e. The molecule has 2 atom stereocenters. The van der Waals surface area contributed by atoms with E-state index < -0.39 is 23.2 Å². The van der Waals surface area contributed by atoms with Gasteiger partial charge in [-0.15, -0.1) is 11.8 Å². The summed E-state index contributed by atoms with van der Waals surface area (Å²) in [6.45, 7) is 5.26. The molecular formula is C18H19ClN2O3S. The van der Waals surface area contributed by atoms with Crippen LogP contribution in [0.1, 0.15) is 19.4 Å². The molecule has 0 saturated carbocycles. The van der Waals surface area contributed by atoms with Crippen molar-refractivity contribution in [3.8, 4) is 0 Å². The molecule has 5 nitrogen and oxygen atoms in total. The number of rotatable bonds is 6. The smallest absolute Gasteiger partial charge is 0.319 e. The van der Waals surface area contributed by atoms with Gasteiger partial charge in [-0.2, -0.15) is 0 Å². The number of anilines is 1. The van der Waals surface area contributed by atoms with E-state index in [0.717, 1.165) is 10.5 Å². The van der Waals surface area contributed by atoms with E-state index >= 15 is 0 Å². The summed E-state index contributed by atoms with van der Waals surface area (Å²) < 4.78 is 5.25. The van der Waals surface area contributed by atoms with Crippen LogP contribution < -0.4 is 5.32 Å². The van der Waals surface area contributed by atoms with E-state index in [1.54, 1.807) is 19.1 Å². The van der Waals surface area contributed by atoms with Crippen molar-refractivity contribution in [3.63, 3.8) is 0 Å². The van der Waals surface area contributed by atoms with Crippen LogP contribution in [0, 0.1) is 6.92 Å². The number of nitrogens with zero attached hydrogens (tertiary/aromatic N) is 1. The highest BCUT2D eigenvalue weighted by Gasteiger charge is 2.23. The quantitative estimate of drug-likeness (QED) is 0.465. The van der Waals surface area contributed by atoms with Gasteiger partial charge in [-0.05, 0) is 45.0 Å². The number of benzene rings is 1. The van der Waals surface area contributed by atoms with Gasteiger partial charge in [0.2, 0.25) is 0 Å². The van der Waals surface area contributed by atoms with Crippen molar-refractivity contribution in [3.05, 3.63) is 53.3 Å². The van der Waals surface area contributed by atoms with Gasteiger partial charge in [-0.1, -0.05) is 29.3 Å². The lowest BCUT2D eigenvalue weighted by molar-refractivity contribution is -0.152. The van der Waals surface area contributed by atoms with Gasteiger partial charge in [-0.25, -0.2) is 4.98 Å². The number of pyridine rings is 1. The van der Waals surface area contributed by atoms with E-state index in [4.69, 9.17) is 16.3 Å². The number of aryl methyl sites for hydroxylation is 1. The third kappa shape index (κ3) is 5.76. The molecule has 25 heavy (non-hydrogen) atoms. The van der Waals surface area contributed by atoms with Gasteiger partial charge in [0.25, 0.3) is 5.91 Å². The third-order valence-corrected chi connectivity index (χ3v) is 4.74. The summed E-state index contributed by atoms with van der Waals surface area (Å²) >= 11 is 7.28. The number of aromatic nitrogens is 1. The molecule has 0 fully saturated rings. The summed E-state index contributed by atoms with van der Waals surface area (Å²) in [5, 5.41) is 2.34. The van der Waals surface area contributed by atoms with Gasteiger partial charge in [0.1, 0.15) is 5.25 Å². The third-order valence-electron chi connectivity index (χ3n) is 3.34. The average molecular weight is 379 g/mol. The molecule has 0 aliphatic heterocycles. The number of hydrogen-bond acceptors (Lipinski definition) is 5. The predicted molar refractivity (Wildman–Crippen MR) is 99.9 cm³/mol. The molecule has 132 valence electrons. The maximum absolute atomic E-state index is 12.2. The van der Waals surface area contributed by atoms with Crippen LogP contribution in [0.5, 0.6) is 0 Å². The molecule has 0 saturated heterocycles. The minimum absolute atomic E-state index is 0.178. The van der Waals surface area contributed by atoms with Crippen molar-refractivity contribution in [2.75, 3.05) is 5.32 Å². The van der Waals surface area contributed by atoms with Gasteiger partial charge < -0.3 is 10.1 Å². The molecule has 0 bridgehead atoms. The molecule has 0 aliphatic rings. The summed E-state index contributed by atoms with van der Waals surface area (Å²) in [7, 11) is 0. The number of carbonyl (C=O) groups excluding carboxylic acids is 2. The van der Waals surface area contributed by atoms with Crippen LogP contribution in [0.15, 0.2) is 47.5 Å². The first-order valence-electron chi connectivity index (χ1n) is 7.72. The second-order valence-corrected chi connectivity index (χ2v) is 7.26. The van der Waals surface area contributed by atoms with Gasteiger partial charge in [0, 0.05) is 11.1 Å². The van der Waals surface area contributed by atoms with E-state index in [0.29, 0.717) is 5.69 Å². The first kappa shape index (κ1) is 19.3. The Bertz CT molecular complexity index is 752. The van der Waals surface area contributed by atoms with Gasteiger partial charge in [0.15, 0.2) is 11.3 Å². The molecular weight excluding hydrogens is 360 g/mol. The number of ether oxygens (including phenoxy) is 1. The number of halogens is 1. The molecule has 2 aromatic rings. The second-order valence-electron chi connectivity index (χ2n) is 5.48. The minimum Gasteiger partial charge on any atom is -0.452 e. The highest BCUT2D eigenvalue weighted by molar-refractivity contribution is 8.00. The maximum atomic E-state index is 12.2. The lowest BCUT2D eigenvalue weighted by Crippen LogP contribution is -2.32. The standard InChI is InChI=1S/C18H19ClN2O3S/c1-11-6-8-14(9-7-11)25-13(3)18(23)24-12(2)17(22)21-15-5-4-10-20-16(15)19/h4-10,12-13H,1-3H3,(H,21,22)/t12-,13+/m1/s1. The van der Waals surface area contributed by atoms with Crippen molar-refractivity contribution in [1.82, 2.24) is 4.98 Å². The van der Waals surface area contributed by atoms with E-state index in [9.17, 15) is 9.59 Å². The number of esters is 1. The second kappa shape index (κ2) is 8.87. The summed E-state index contributed by atoms with van der Waals surface area (Å²) in [6.07, 6.45) is 0.579. The Morgan fingerprint density at radius 1 is 1.20 bits per heavy atom. The van der Waals surface area contributed by atoms with E-state index in [-0.39, 0.29) is 5.15 Å². The topological polar surface area (TPSA) is 68.3 Å². The molecule has 7 heteroatoms. The number of thioether (sulfide) groups is 1. The largest absolute Gasteiger partial charge is 0.452 e. The fourth-order valence-electron chi connectivity index (χ4n) is 1.91. The molecule has 0 unspecified atom stereocenters. The van der Waals surface area contributed by atoms with Crippen molar-refractivity contribution in [2.24, 2.45) is 0 Å². The van der Waals surface area contributed by atoms with Crippen LogP contribution in [0.4, 0.5) is 5.69 Å². The molecule has 1 N–H and O–H groups in total. The fourth-order valence-corrected chi connectivity index (χ4v) is 2.93. The molecule has 1 amide bonds. The van der Waals surface area contributed by atoms with Crippen LogP contribution in [0.3, 0.4) is 0 Å². The number of hydrogen-bond donors (Lipinski definition) is 1. The van der Waals surface area contributed by atoms with Crippen molar-refractivity contribution >= 4 is 40.9 Å². The number of nitrogens with one attached hydrogen (secondary N) is 1. The molecule has 0 spiro atoms. The van der Waals surface area contributed by atoms with Gasteiger partial charge in [-0.3, -0.25) is 9.59 Å². The summed E-state index contributed by atoms with van der Waals surface area (Å²) in [4.78, 5) is 29.2. The van der Waals surface area contributed by atoms with Crippen LogP contribution in [0.25, 0.3) is 0 Å². The Morgan fingerprint density at radius 2 is 1.88 bits per heavy atom. The van der Waals surface area contributed by atoms with Crippen LogP contribution in [-0.4, -0.2) is 28.2 Å². The zero-order chi connectivity index (χ0) is 18.4. The Hall–Kier alpha value is -2.05.